The number of anilines is 2. The molecule has 0 N–H and O–H groups in total. The van der Waals surface area contributed by atoms with Crippen LogP contribution in [0.5, 0.6) is 0 Å². The molecule has 0 fully saturated rings. The summed E-state index contributed by atoms with van der Waals surface area (Å²) >= 11 is 0. The fraction of sp³-hybridized carbons (Fsp3) is 0.323. The molecule has 0 saturated carbocycles. The van der Waals surface area contributed by atoms with Crippen LogP contribution in [0, 0.1) is 0 Å². The molecule has 1 aliphatic rings. The van der Waals surface area contributed by atoms with Crippen LogP contribution in [0.15, 0.2) is 66.7 Å². The molecule has 1 unspecified atom stereocenters. The zero-order valence-corrected chi connectivity index (χ0v) is 22.4. The minimum Gasteiger partial charge on any atom is -0.469 e. The Labute approximate surface area is 224 Å². The van der Waals surface area contributed by atoms with E-state index < -0.39 is 0 Å². The Morgan fingerprint density at radius 1 is 0.895 bits per heavy atom. The monoisotopic (exact) mass is 514 g/mol. The van der Waals surface area contributed by atoms with Crippen molar-refractivity contribution in [2.45, 2.75) is 45.7 Å². The molecule has 0 radical (unpaired) electrons. The number of carbonyl (C=O) groups excluding carboxylic acids is 3. The molecule has 4 rings (SSSR count). The minimum absolute atomic E-state index is 0.0661. The summed E-state index contributed by atoms with van der Waals surface area (Å²) in [5, 5.41) is 0. The van der Waals surface area contributed by atoms with Crippen LogP contribution in [0.2, 0.25) is 0 Å². The van der Waals surface area contributed by atoms with Gasteiger partial charge >= 0.3 is 11.9 Å². The smallest absolute Gasteiger partial charge is 0.338 e. The zero-order valence-electron chi connectivity index (χ0n) is 22.4. The molecule has 0 bridgehead atoms. The van der Waals surface area contributed by atoms with E-state index in [-0.39, 0.29) is 30.6 Å². The average molecular weight is 515 g/mol. The number of hydrogen-bond acceptors (Lipinski definition) is 7. The van der Waals surface area contributed by atoms with Gasteiger partial charge in [-0.15, -0.1) is 0 Å². The van der Waals surface area contributed by atoms with Gasteiger partial charge in [0.25, 0.3) is 0 Å². The molecule has 198 valence electrons. The van der Waals surface area contributed by atoms with Gasteiger partial charge in [0.05, 0.1) is 44.2 Å². The molecule has 7 nitrogen and oxygen atoms in total. The van der Waals surface area contributed by atoms with Gasteiger partial charge in [-0.2, -0.15) is 0 Å². The summed E-state index contributed by atoms with van der Waals surface area (Å²) in [6.07, 6.45) is 1.18. The zero-order chi connectivity index (χ0) is 27.2. The molecule has 7 heteroatoms. The Balaban J connectivity index is 1.55. The third-order valence-corrected chi connectivity index (χ3v) is 7.15. The first-order chi connectivity index (χ1) is 18.4. The molecule has 0 aromatic heterocycles. The molecule has 0 saturated heterocycles. The van der Waals surface area contributed by atoms with Crippen LogP contribution in [0.4, 0.5) is 11.4 Å². The number of methoxy groups -OCH3 is 2. The number of hydrogen-bond donors (Lipinski definition) is 0. The van der Waals surface area contributed by atoms with Crippen molar-refractivity contribution in [3.8, 4) is 11.1 Å². The van der Waals surface area contributed by atoms with Gasteiger partial charge in [-0.05, 0) is 54.3 Å². The van der Waals surface area contributed by atoms with E-state index in [1.165, 1.54) is 14.2 Å². The van der Waals surface area contributed by atoms with Crippen LogP contribution < -0.4 is 9.80 Å². The first-order valence-corrected chi connectivity index (χ1v) is 12.9. The Morgan fingerprint density at radius 2 is 1.63 bits per heavy atom. The van der Waals surface area contributed by atoms with Gasteiger partial charge in [-0.25, -0.2) is 4.79 Å². The fourth-order valence-corrected chi connectivity index (χ4v) is 4.76. The van der Waals surface area contributed by atoms with Crippen LogP contribution in [0.25, 0.3) is 11.1 Å². The largest absolute Gasteiger partial charge is 0.469 e. The lowest BCUT2D eigenvalue weighted by Crippen LogP contribution is -2.36. The highest BCUT2D eigenvalue weighted by Crippen LogP contribution is 2.39. The molecule has 0 spiro atoms. The molecular weight excluding hydrogens is 480 g/mol. The topological polar surface area (TPSA) is 76.2 Å². The van der Waals surface area contributed by atoms with Gasteiger partial charge in [-0.1, -0.05) is 49.4 Å². The van der Waals surface area contributed by atoms with Crippen molar-refractivity contribution in [2.75, 3.05) is 30.7 Å². The summed E-state index contributed by atoms with van der Waals surface area (Å²) in [7, 11) is 2.72. The third-order valence-electron chi connectivity index (χ3n) is 7.15. The lowest BCUT2D eigenvalue weighted by atomic mass is 9.98. The predicted octanol–water partition coefficient (Wildman–Crippen LogP) is 5.86. The van der Waals surface area contributed by atoms with Crippen molar-refractivity contribution in [3.05, 3.63) is 83.4 Å². The summed E-state index contributed by atoms with van der Waals surface area (Å²) in [6, 6.07) is 21.8. The van der Waals surface area contributed by atoms with Crippen molar-refractivity contribution in [1.29, 1.82) is 0 Å². The van der Waals surface area contributed by atoms with Crippen molar-refractivity contribution in [3.63, 3.8) is 0 Å². The lowest BCUT2D eigenvalue weighted by Gasteiger charge is -2.27. The Bertz CT molecular complexity index is 1320. The van der Waals surface area contributed by atoms with Crippen LogP contribution in [-0.2, 0) is 20.8 Å². The third kappa shape index (κ3) is 5.72. The Morgan fingerprint density at radius 3 is 2.32 bits per heavy atom. The van der Waals surface area contributed by atoms with Gasteiger partial charge in [0, 0.05) is 24.6 Å². The van der Waals surface area contributed by atoms with E-state index in [0.717, 1.165) is 41.2 Å². The second-order valence-electron chi connectivity index (χ2n) is 9.50. The van der Waals surface area contributed by atoms with E-state index >= 15 is 0 Å². The van der Waals surface area contributed by atoms with Crippen molar-refractivity contribution < 1.29 is 23.9 Å². The number of ketones is 1. The first-order valence-electron chi connectivity index (χ1n) is 12.9. The normalized spacial score (nSPS) is 13.2. The second-order valence-corrected chi connectivity index (χ2v) is 9.50. The van der Waals surface area contributed by atoms with Gasteiger partial charge < -0.3 is 19.3 Å². The number of esters is 2. The second kappa shape index (κ2) is 11.9. The van der Waals surface area contributed by atoms with Crippen LogP contribution in [-0.4, -0.2) is 44.7 Å². The predicted molar refractivity (Wildman–Crippen MR) is 149 cm³/mol. The summed E-state index contributed by atoms with van der Waals surface area (Å²) in [6.45, 7) is 5.77. The lowest BCUT2D eigenvalue weighted by molar-refractivity contribution is -0.140. The molecule has 38 heavy (non-hydrogen) atoms. The van der Waals surface area contributed by atoms with Gasteiger partial charge in [0.1, 0.15) is 0 Å². The van der Waals surface area contributed by atoms with Gasteiger partial charge in [0.2, 0.25) is 0 Å². The van der Waals surface area contributed by atoms with Crippen LogP contribution >= 0.6 is 0 Å². The summed E-state index contributed by atoms with van der Waals surface area (Å²) < 4.78 is 9.61. The summed E-state index contributed by atoms with van der Waals surface area (Å²) in [5.74, 6) is -0.804. The number of ether oxygens (including phenoxy) is 2. The van der Waals surface area contributed by atoms with E-state index in [2.05, 4.69) is 40.5 Å². The first kappa shape index (κ1) is 26.9. The number of rotatable bonds is 10. The standard InChI is InChI=1S/C31H34N2O5/c1-5-21(2)33-20-32(27-15-14-24(18-28(27)33)29(34)16-17-30(35)37-3)19-22-10-12-23(13-11-22)25-8-6-7-9-26(25)31(36)38-4/h6-15,18,21H,5,16-17,19-20H2,1-4H3. The summed E-state index contributed by atoms with van der Waals surface area (Å²) in [4.78, 5) is 41.1. The molecule has 3 aromatic rings. The maximum Gasteiger partial charge on any atom is 0.338 e. The highest BCUT2D eigenvalue weighted by atomic mass is 16.5. The van der Waals surface area contributed by atoms with Crippen molar-refractivity contribution in [1.82, 2.24) is 0 Å². The number of Topliss-reactive ketones (excluding diaryl/α,β-unsaturated/α-hetero) is 1. The maximum atomic E-state index is 12.7. The maximum absolute atomic E-state index is 12.7. The quantitative estimate of drug-likeness (QED) is 0.248. The minimum atomic E-state index is -0.383. The number of benzene rings is 3. The SMILES string of the molecule is CCC(C)N1CN(Cc2ccc(-c3ccccc3C(=O)OC)cc2)c2ccc(C(=O)CCC(=O)OC)cc21. The van der Waals surface area contributed by atoms with Crippen molar-refractivity contribution in [2.24, 2.45) is 0 Å². The highest BCUT2D eigenvalue weighted by molar-refractivity contribution is 6.00. The molecule has 1 aliphatic heterocycles. The Kier molecular flexibility index (Phi) is 8.46. The van der Waals surface area contributed by atoms with E-state index in [1.54, 1.807) is 6.07 Å². The van der Waals surface area contributed by atoms with Crippen molar-refractivity contribution >= 4 is 29.1 Å². The van der Waals surface area contributed by atoms with Gasteiger partial charge in [0.15, 0.2) is 5.78 Å². The van der Waals surface area contributed by atoms with Crippen LogP contribution in [0.3, 0.4) is 0 Å². The molecule has 1 heterocycles. The van der Waals surface area contributed by atoms with E-state index in [9.17, 15) is 14.4 Å². The molecular formula is C31H34N2O5. The van der Waals surface area contributed by atoms with Gasteiger partial charge in [-0.3, -0.25) is 9.59 Å². The Hall–Kier alpha value is -4.13. The molecule has 0 aliphatic carbocycles. The number of fused-ring (bicyclic) bond motifs is 1. The highest BCUT2D eigenvalue weighted by Gasteiger charge is 2.29. The number of nitrogens with zero attached hydrogens (tertiary/aromatic N) is 2. The fourth-order valence-electron chi connectivity index (χ4n) is 4.76. The van der Waals surface area contributed by atoms with E-state index in [0.29, 0.717) is 23.7 Å². The molecule has 1 atom stereocenters. The average Bonchev–Trinajstić information content (AvgIpc) is 3.32. The van der Waals surface area contributed by atoms with E-state index in [1.807, 2.05) is 48.5 Å². The van der Waals surface area contributed by atoms with E-state index in [4.69, 9.17) is 4.74 Å². The molecule has 3 aromatic carbocycles. The molecule has 0 amide bonds. The van der Waals surface area contributed by atoms with Crippen LogP contribution in [0.1, 0.15) is 59.4 Å². The summed E-state index contributed by atoms with van der Waals surface area (Å²) in [5.41, 5.74) is 6.19. The number of carbonyl (C=O) groups is 3.